The van der Waals surface area contributed by atoms with Crippen molar-refractivity contribution in [3.8, 4) is 5.75 Å². The summed E-state index contributed by atoms with van der Waals surface area (Å²) in [5, 5.41) is 18.7. The molecule has 0 saturated carbocycles. The molecule has 0 fully saturated rings. The molecular formula is C18H12Cl2N6O3S. The van der Waals surface area contributed by atoms with Crippen molar-refractivity contribution in [2.45, 2.75) is 0 Å². The minimum Gasteiger partial charge on any atom is -0.497 e. The largest absolute Gasteiger partial charge is 0.497 e. The van der Waals surface area contributed by atoms with Crippen LogP contribution in [0.1, 0.15) is 0 Å². The fourth-order valence-corrected chi connectivity index (χ4v) is 3.87. The van der Waals surface area contributed by atoms with E-state index in [2.05, 4.69) is 25.6 Å². The lowest BCUT2D eigenvalue weighted by molar-refractivity contribution is -0.383. The highest BCUT2D eigenvalue weighted by Crippen LogP contribution is 2.37. The van der Waals surface area contributed by atoms with Gasteiger partial charge in [0, 0.05) is 5.02 Å². The zero-order valence-corrected chi connectivity index (χ0v) is 17.5. The highest BCUT2D eigenvalue weighted by molar-refractivity contribution is 7.22. The molecule has 0 spiro atoms. The molecule has 2 aromatic carbocycles. The summed E-state index contributed by atoms with van der Waals surface area (Å²) in [6, 6.07) is 10.2. The number of nitro groups is 1. The SMILES string of the molecule is COc1ccc2nc(Nc3ncnc(Nc4cc(Cl)ccc4Cl)c3[N+](=O)[O-])sc2c1. The zero-order valence-electron chi connectivity index (χ0n) is 15.2. The summed E-state index contributed by atoms with van der Waals surface area (Å²) in [5.41, 5.74) is 0.749. The van der Waals surface area contributed by atoms with E-state index in [1.165, 1.54) is 17.7 Å². The van der Waals surface area contributed by atoms with Gasteiger partial charge in [0.15, 0.2) is 5.13 Å². The summed E-state index contributed by atoms with van der Waals surface area (Å²) in [7, 11) is 1.58. The average Bonchev–Trinajstić information content (AvgIpc) is 3.12. The Bertz CT molecular complexity index is 1270. The molecule has 4 rings (SSSR count). The number of halogens is 2. The second-order valence-electron chi connectivity index (χ2n) is 5.90. The van der Waals surface area contributed by atoms with Gasteiger partial charge in [0.1, 0.15) is 12.1 Å². The van der Waals surface area contributed by atoms with Crippen LogP contribution in [0, 0.1) is 10.1 Å². The Hall–Kier alpha value is -3.21. The maximum atomic E-state index is 11.8. The highest BCUT2D eigenvalue weighted by Gasteiger charge is 2.24. The lowest BCUT2D eigenvalue weighted by Gasteiger charge is -2.10. The molecule has 12 heteroatoms. The number of hydrogen-bond acceptors (Lipinski definition) is 9. The maximum absolute atomic E-state index is 11.8. The first-order valence-electron chi connectivity index (χ1n) is 8.37. The molecule has 152 valence electrons. The smallest absolute Gasteiger partial charge is 0.353 e. The number of ether oxygens (including phenoxy) is 1. The Morgan fingerprint density at radius 1 is 1.10 bits per heavy atom. The van der Waals surface area contributed by atoms with E-state index < -0.39 is 4.92 Å². The van der Waals surface area contributed by atoms with Gasteiger partial charge in [0.05, 0.1) is 33.0 Å². The van der Waals surface area contributed by atoms with E-state index >= 15 is 0 Å². The number of thiazole rings is 1. The first-order chi connectivity index (χ1) is 14.4. The third-order valence-electron chi connectivity index (χ3n) is 4.01. The molecule has 2 heterocycles. The monoisotopic (exact) mass is 462 g/mol. The molecular weight excluding hydrogens is 451 g/mol. The van der Waals surface area contributed by atoms with Crippen LogP contribution in [0.5, 0.6) is 5.75 Å². The average molecular weight is 463 g/mol. The van der Waals surface area contributed by atoms with E-state index in [0.29, 0.717) is 26.6 Å². The van der Waals surface area contributed by atoms with E-state index in [1.807, 2.05) is 6.07 Å². The summed E-state index contributed by atoms with van der Waals surface area (Å²) in [6.07, 6.45) is 1.20. The van der Waals surface area contributed by atoms with Gasteiger partial charge in [-0.1, -0.05) is 34.5 Å². The van der Waals surface area contributed by atoms with Crippen molar-refractivity contribution in [2.24, 2.45) is 0 Å². The zero-order chi connectivity index (χ0) is 21.3. The fourth-order valence-electron chi connectivity index (χ4n) is 2.64. The summed E-state index contributed by atoms with van der Waals surface area (Å²) < 4.78 is 6.07. The van der Waals surface area contributed by atoms with Gasteiger partial charge in [0.25, 0.3) is 0 Å². The first-order valence-corrected chi connectivity index (χ1v) is 9.95. The molecule has 30 heavy (non-hydrogen) atoms. The molecule has 0 bridgehead atoms. The van der Waals surface area contributed by atoms with Crippen LogP contribution in [0.15, 0.2) is 42.7 Å². The number of nitrogens with zero attached hydrogens (tertiary/aromatic N) is 4. The molecule has 0 saturated heterocycles. The van der Waals surface area contributed by atoms with E-state index in [9.17, 15) is 10.1 Å². The van der Waals surface area contributed by atoms with Crippen molar-refractivity contribution < 1.29 is 9.66 Å². The van der Waals surface area contributed by atoms with Crippen molar-refractivity contribution in [3.63, 3.8) is 0 Å². The molecule has 9 nitrogen and oxygen atoms in total. The van der Waals surface area contributed by atoms with Crippen LogP contribution in [0.2, 0.25) is 10.0 Å². The molecule has 0 atom stereocenters. The Labute approximate surface area is 183 Å². The molecule has 0 aliphatic carbocycles. The van der Waals surface area contributed by atoms with Gasteiger partial charge in [-0.25, -0.2) is 15.0 Å². The van der Waals surface area contributed by atoms with Crippen molar-refractivity contribution in [3.05, 3.63) is 62.9 Å². The fraction of sp³-hybridized carbons (Fsp3) is 0.0556. The number of rotatable bonds is 6. The lowest BCUT2D eigenvalue weighted by atomic mass is 10.3. The molecule has 0 aliphatic heterocycles. The quantitative estimate of drug-likeness (QED) is 0.272. The summed E-state index contributed by atoms with van der Waals surface area (Å²) in [6.45, 7) is 0. The Morgan fingerprint density at radius 3 is 2.60 bits per heavy atom. The van der Waals surface area contributed by atoms with Crippen LogP contribution in [0.25, 0.3) is 10.2 Å². The number of hydrogen-bond donors (Lipinski definition) is 2. The van der Waals surface area contributed by atoms with Gasteiger partial charge in [-0.15, -0.1) is 0 Å². The second kappa shape index (κ2) is 8.27. The molecule has 0 unspecified atom stereocenters. The second-order valence-corrected chi connectivity index (χ2v) is 7.78. The van der Waals surface area contributed by atoms with Gasteiger partial charge in [0.2, 0.25) is 11.6 Å². The standard InChI is InChI=1S/C18H12Cl2N6O3S/c1-29-10-3-5-12-14(7-10)30-18(24-12)25-17-15(26(27)28)16(21-8-22-17)23-13-6-9(19)2-4-11(13)20/h2-8H,1H3,(H2,21,22,23,24,25). The van der Waals surface area contributed by atoms with Gasteiger partial charge >= 0.3 is 5.69 Å². The summed E-state index contributed by atoms with van der Waals surface area (Å²) in [4.78, 5) is 23.6. The van der Waals surface area contributed by atoms with E-state index in [4.69, 9.17) is 27.9 Å². The minimum absolute atomic E-state index is 0.0123. The van der Waals surface area contributed by atoms with E-state index in [0.717, 1.165) is 10.2 Å². The number of aromatic nitrogens is 3. The summed E-state index contributed by atoms with van der Waals surface area (Å²) >= 11 is 13.5. The predicted octanol–water partition coefficient (Wildman–Crippen LogP) is 5.80. The first kappa shape index (κ1) is 20.1. The highest BCUT2D eigenvalue weighted by atomic mass is 35.5. The predicted molar refractivity (Wildman–Crippen MR) is 118 cm³/mol. The number of anilines is 4. The number of nitrogens with one attached hydrogen (secondary N) is 2. The number of fused-ring (bicyclic) bond motifs is 1. The van der Waals surface area contributed by atoms with Crippen LogP contribution in [-0.4, -0.2) is 27.0 Å². The third kappa shape index (κ3) is 4.06. The van der Waals surface area contributed by atoms with Crippen LogP contribution in [-0.2, 0) is 0 Å². The van der Waals surface area contributed by atoms with Gasteiger partial charge < -0.3 is 15.4 Å². The Morgan fingerprint density at radius 2 is 1.87 bits per heavy atom. The van der Waals surface area contributed by atoms with Gasteiger partial charge in [-0.3, -0.25) is 10.1 Å². The van der Waals surface area contributed by atoms with Gasteiger partial charge in [-0.05, 0) is 36.4 Å². The van der Waals surface area contributed by atoms with Crippen LogP contribution in [0.4, 0.5) is 28.1 Å². The van der Waals surface area contributed by atoms with Crippen LogP contribution >= 0.6 is 34.5 Å². The van der Waals surface area contributed by atoms with Gasteiger partial charge in [-0.2, -0.15) is 0 Å². The third-order valence-corrected chi connectivity index (χ3v) is 5.51. The number of benzene rings is 2. The van der Waals surface area contributed by atoms with E-state index in [-0.39, 0.29) is 17.3 Å². The minimum atomic E-state index is -0.584. The Kier molecular flexibility index (Phi) is 5.53. The lowest BCUT2D eigenvalue weighted by Crippen LogP contribution is -2.05. The van der Waals surface area contributed by atoms with Crippen molar-refractivity contribution >= 4 is 72.9 Å². The van der Waals surface area contributed by atoms with Crippen molar-refractivity contribution in [2.75, 3.05) is 17.7 Å². The topological polar surface area (TPSA) is 115 Å². The molecule has 0 aliphatic rings. The molecule has 2 N–H and O–H groups in total. The van der Waals surface area contributed by atoms with Crippen LogP contribution in [0.3, 0.4) is 0 Å². The van der Waals surface area contributed by atoms with E-state index in [1.54, 1.807) is 37.4 Å². The molecule has 4 aromatic rings. The van der Waals surface area contributed by atoms with Crippen LogP contribution < -0.4 is 15.4 Å². The maximum Gasteiger partial charge on any atom is 0.353 e. The molecule has 0 amide bonds. The Balaban J connectivity index is 1.71. The number of methoxy groups -OCH3 is 1. The van der Waals surface area contributed by atoms with Crippen molar-refractivity contribution in [1.82, 2.24) is 15.0 Å². The molecule has 2 aromatic heterocycles. The molecule has 0 radical (unpaired) electrons. The summed E-state index contributed by atoms with van der Waals surface area (Å²) in [5.74, 6) is 0.640. The normalized spacial score (nSPS) is 10.8. The van der Waals surface area contributed by atoms with Crippen molar-refractivity contribution in [1.29, 1.82) is 0 Å².